The van der Waals surface area contributed by atoms with Crippen molar-refractivity contribution in [3.63, 3.8) is 0 Å². The largest absolute Gasteiger partial charge is 0.456 e. The molecule has 0 saturated heterocycles. The van der Waals surface area contributed by atoms with Gasteiger partial charge in [-0.15, -0.1) is 0 Å². The van der Waals surface area contributed by atoms with E-state index in [-0.39, 0.29) is 0 Å². The van der Waals surface area contributed by atoms with Crippen molar-refractivity contribution in [2.45, 2.75) is 6.92 Å². The lowest BCUT2D eigenvalue weighted by Crippen LogP contribution is -1.96. The van der Waals surface area contributed by atoms with E-state index < -0.39 is 0 Å². The highest BCUT2D eigenvalue weighted by molar-refractivity contribution is 6.17. The number of hydrogen-bond acceptors (Lipinski definition) is 2. The van der Waals surface area contributed by atoms with Crippen LogP contribution in [0.4, 0.5) is 0 Å². The van der Waals surface area contributed by atoms with Gasteiger partial charge in [0.15, 0.2) is 0 Å². The monoisotopic (exact) mass is 576 g/mol. The molecule has 0 aliphatic carbocycles. The maximum absolute atomic E-state index is 6.56. The van der Waals surface area contributed by atoms with Crippen molar-refractivity contribution < 1.29 is 8.83 Å². The number of benzene rings is 7. The van der Waals surface area contributed by atoms with Crippen LogP contribution < -0.4 is 0 Å². The predicted octanol–water partition coefficient (Wildman–Crippen LogP) is 12.6. The number of allylic oxidation sites excluding steroid dienone is 2. The minimum atomic E-state index is 0.894. The first kappa shape index (κ1) is 25.6. The third-order valence-electron chi connectivity index (χ3n) is 9.21. The average Bonchev–Trinajstić information content (AvgIpc) is 3.64. The highest BCUT2D eigenvalue weighted by Crippen LogP contribution is 2.46. The molecule has 0 amide bonds. The van der Waals surface area contributed by atoms with E-state index in [2.05, 4.69) is 129 Å². The van der Waals surface area contributed by atoms with Gasteiger partial charge in [0.25, 0.3) is 0 Å². The van der Waals surface area contributed by atoms with Crippen molar-refractivity contribution in [1.29, 1.82) is 0 Å². The molecule has 2 heterocycles. The van der Waals surface area contributed by atoms with Crippen molar-refractivity contribution in [3.8, 4) is 22.3 Å². The topological polar surface area (TPSA) is 26.3 Å². The average molecular weight is 577 g/mol. The molecule has 212 valence electrons. The van der Waals surface area contributed by atoms with E-state index in [1.54, 1.807) is 0 Å². The standard InChI is InChI=1S/C43H28O2/c1-3-4-14-30-26(2)41(29-21-22-39-36(24-29)37-23-27-12-5-6-13-28(27)25-40(37)44-39)32-16-7-8-17-33(32)42(30)35-19-11-18-34-31-15-9-10-20-38(31)45-43(34)35/h3-25H,1H2,2H3/b14-4-. The molecule has 0 saturated carbocycles. The summed E-state index contributed by atoms with van der Waals surface area (Å²) in [5, 5.41) is 9.27. The summed E-state index contributed by atoms with van der Waals surface area (Å²) in [6, 6.07) is 42.9. The van der Waals surface area contributed by atoms with E-state index in [0.29, 0.717) is 0 Å². The van der Waals surface area contributed by atoms with Gasteiger partial charge in [-0.2, -0.15) is 0 Å². The van der Waals surface area contributed by atoms with Gasteiger partial charge in [0, 0.05) is 32.7 Å². The Morgan fingerprint density at radius 1 is 0.533 bits per heavy atom. The van der Waals surface area contributed by atoms with E-state index >= 15 is 0 Å². The van der Waals surface area contributed by atoms with E-state index in [0.717, 1.165) is 66.1 Å². The second-order valence-electron chi connectivity index (χ2n) is 11.7. The van der Waals surface area contributed by atoms with E-state index in [1.807, 2.05) is 24.3 Å². The molecule has 0 atom stereocenters. The zero-order valence-electron chi connectivity index (χ0n) is 24.8. The molecular formula is C43H28O2. The highest BCUT2D eigenvalue weighted by Gasteiger charge is 2.22. The Bertz CT molecular complexity index is 2680. The predicted molar refractivity (Wildman–Crippen MR) is 191 cm³/mol. The van der Waals surface area contributed by atoms with Gasteiger partial charge in [-0.1, -0.05) is 116 Å². The van der Waals surface area contributed by atoms with Crippen LogP contribution in [0.25, 0.3) is 93.8 Å². The summed E-state index contributed by atoms with van der Waals surface area (Å²) in [6.45, 7) is 6.23. The van der Waals surface area contributed by atoms with Crippen LogP contribution in [-0.2, 0) is 0 Å². The van der Waals surface area contributed by atoms with Crippen molar-refractivity contribution in [2.75, 3.05) is 0 Å². The van der Waals surface area contributed by atoms with Crippen LogP contribution >= 0.6 is 0 Å². The molecule has 0 aliphatic rings. The summed E-state index contributed by atoms with van der Waals surface area (Å²) in [5.74, 6) is 0. The number of fused-ring (bicyclic) bond motifs is 8. The second-order valence-corrected chi connectivity index (χ2v) is 11.7. The Morgan fingerprint density at radius 2 is 1.20 bits per heavy atom. The Balaban J connectivity index is 1.36. The molecule has 0 fully saturated rings. The molecule has 0 N–H and O–H groups in total. The van der Waals surface area contributed by atoms with Crippen molar-refractivity contribution in [2.24, 2.45) is 0 Å². The number of para-hydroxylation sites is 2. The first-order chi connectivity index (χ1) is 22.2. The van der Waals surface area contributed by atoms with Crippen molar-refractivity contribution >= 4 is 71.5 Å². The molecule has 9 rings (SSSR count). The zero-order chi connectivity index (χ0) is 30.1. The van der Waals surface area contributed by atoms with Gasteiger partial charge in [0.1, 0.15) is 22.3 Å². The van der Waals surface area contributed by atoms with Crippen LogP contribution in [0.2, 0.25) is 0 Å². The quantitative estimate of drug-likeness (QED) is 0.195. The van der Waals surface area contributed by atoms with E-state index in [4.69, 9.17) is 8.83 Å². The summed E-state index contributed by atoms with van der Waals surface area (Å²) >= 11 is 0. The third kappa shape index (κ3) is 3.82. The summed E-state index contributed by atoms with van der Waals surface area (Å²) in [7, 11) is 0. The molecule has 2 aromatic heterocycles. The minimum absolute atomic E-state index is 0.894. The van der Waals surface area contributed by atoms with Gasteiger partial charge in [-0.3, -0.25) is 0 Å². The fraction of sp³-hybridized carbons (Fsp3) is 0.0233. The van der Waals surface area contributed by atoms with Crippen LogP contribution in [0.3, 0.4) is 0 Å². The maximum Gasteiger partial charge on any atom is 0.143 e. The lowest BCUT2D eigenvalue weighted by atomic mass is 9.83. The van der Waals surface area contributed by atoms with Crippen LogP contribution in [0.5, 0.6) is 0 Å². The van der Waals surface area contributed by atoms with E-state index in [9.17, 15) is 0 Å². The summed E-state index contributed by atoms with van der Waals surface area (Å²) in [6.07, 6.45) is 6.06. The molecule has 9 aromatic rings. The van der Waals surface area contributed by atoms with E-state index in [1.165, 1.54) is 32.7 Å². The Hall–Kier alpha value is -5.86. The summed E-state index contributed by atoms with van der Waals surface area (Å²) in [4.78, 5) is 0. The molecular weight excluding hydrogens is 548 g/mol. The van der Waals surface area contributed by atoms with Gasteiger partial charge in [0.05, 0.1) is 0 Å². The smallest absolute Gasteiger partial charge is 0.143 e. The molecule has 2 heteroatoms. The first-order valence-corrected chi connectivity index (χ1v) is 15.3. The maximum atomic E-state index is 6.56. The molecule has 0 spiro atoms. The van der Waals surface area contributed by atoms with Crippen molar-refractivity contribution in [1.82, 2.24) is 0 Å². The molecule has 2 nitrogen and oxygen atoms in total. The first-order valence-electron chi connectivity index (χ1n) is 15.3. The fourth-order valence-electron chi connectivity index (χ4n) is 7.18. The normalized spacial score (nSPS) is 12.1. The van der Waals surface area contributed by atoms with Gasteiger partial charge >= 0.3 is 0 Å². The van der Waals surface area contributed by atoms with Gasteiger partial charge in [-0.05, 0) is 81.1 Å². The van der Waals surface area contributed by atoms with Gasteiger partial charge in [-0.25, -0.2) is 0 Å². The van der Waals surface area contributed by atoms with Gasteiger partial charge in [0.2, 0.25) is 0 Å². The molecule has 0 aliphatic heterocycles. The Morgan fingerprint density at radius 3 is 2.02 bits per heavy atom. The van der Waals surface area contributed by atoms with Gasteiger partial charge < -0.3 is 8.83 Å². The zero-order valence-corrected chi connectivity index (χ0v) is 24.8. The number of furan rings is 2. The molecule has 7 aromatic carbocycles. The molecule has 0 unspecified atom stereocenters. The third-order valence-corrected chi connectivity index (χ3v) is 9.21. The summed E-state index contributed by atoms with van der Waals surface area (Å²) < 4.78 is 12.9. The lowest BCUT2D eigenvalue weighted by Gasteiger charge is -2.20. The number of rotatable bonds is 4. The Kier molecular flexibility index (Phi) is 5.60. The lowest BCUT2D eigenvalue weighted by molar-refractivity contribution is 0.669. The van der Waals surface area contributed by atoms with Crippen molar-refractivity contribution in [3.05, 3.63) is 151 Å². The minimum Gasteiger partial charge on any atom is -0.456 e. The van der Waals surface area contributed by atoms with Crippen LogP contribution in [0, 0.1) is 6.92 Å². The number of hydrogen-bond donors (Lipinski definition) is 0. The molecule has 45 heavy (non-hydrogen) atoms. The molecule has 0 bridgehead atoms. The highest BCUT2D eigenvalue weighted by atomic mass is 16.3. The Labute approximate surface area is 260 Å². The summed E-state index contributed by atoms with van der Waals surface area (Å²) in [5.41, 5.74) is 10.6. The molecule has 0 radical (unpaired) electrons. The van der Waals surface area contributed by atoms with Crippen LogP contribution in [-0.4, -0.2) is 0 Å². The second kappa shape index (κ2) is 9.83. The fourth-order valence-corrected chi connectivity index (χ4v) is 7.18. The SMILES string of the molecule is C=C/C=C\c1c(C)c(-c2ccc3oc4cc5ccccc5cc4c3c2)c2ccccc2c1-c1cccc2c1oc1ccccc12. The van der Waals surface area contributed by atoms with Crippen LogP contribution in [0.15, 0.2) is 149 Å². The van der Waals surface area contributed by atoms with Crippen LogP contribution in [0.1, 0.15) is 11.1 Å².